The lowest BCUT2D eigenvalue weighted by Crippen LogP contribution is -2.09. The van der Waals surface area contributed by atoms with Crippen molar-refractivity contribution >= 4 is 10.9 Å². The van der Waals surface area contributed by atoms with Gasteiger partial charge in [-0.3, -0.25) is 4.79 Å². The van der Waals surface area contributed by atoms with E-state index in [-0.39, 0.29) is 5.56 Å². The van der Waals surface area contributed by atoms with Gasteiger partial charge in [0.05, 0.1) is 16.6 Å². The summed E-state index contributed by atoms with van der Waals surface area (Å²) in [5, 5.41) is 4.69. The molecule has 0 saturated heterocycles. The monoisotopic (exact) mass is 304 g/mol. The van der Waals surface area contributed by atoms with Crippen LogP contribution in [0.25, 0.3) is 28.0 Å². The first kappa shape index (κ1) is 13.3. The molecule has 3 heterocycles. The van der Waals surface area contributed by atoms with E-state index in [1.807, 2.05) is 30.5 Å². The molecular weight excluding hydrogens is 292 g/mol. The first-order chi connectivity index (χ1) is 11.2. The highest BCUT2D eigenvalue weighted by molar-refractivity contribution is 5.83. The second-order valence-electron chi connectivity index (χ2n) is 5.10. The van der Waals surface area contributed by atoms with Gasteiger partial charge in [-0.1, -0.05) is 6.07 Å². The Kier molecular flexibility index (Phi) is 2.97. The summed E-state index contributed by atoms with van der Waals surface area (Å²) in [6, 6.07) is 9.15. The Morgan fingerprint density at radius 2 is 2.09 bits per heavy atom. The quantitative estimate of drug-likeness (QED) is 0.610. The largest absolute Gasteiger partial charge is 0.310 e. The highest BCUT2D eigenvalue weighted by Crippen LogP contribution is 2.21. The third-order valence-corrected chi connectivity index (χ3v) is 3.51. The number of nitrogens with one attached hydrogen (secondary N) is 1. The zero-order chi connectivity index (χ0) is 15.8. The summed E-state index contributed by atoms with van der Waals surface area (Å²) in [4.78, 5) is 27.6. The molecule has 7 heteroatoms. The minimum Gasteiger partial charge on any atom is -0.310 e. The first-order valence-electron chi connectivity index (χ1n) is 7.04. The van der Waals surface area contributed by atoms with Gasteiger partial charge >= 0.3 is 0 Å². The maximum Gasteiger partial charge on any atom is 0.258 e. The average molecular weight is 304 g/mol. The normalized spacial score (nSPS) is 11.0. The van der Waals surface area contributed by atoms with Crippen LogP contribution in [0.3, 0.4) is 0 Å². The van der Waals surface area contributed by atoms with Crippen LogP contribution in [0.15, 0.2) is 53.8 Å². The second kappa shape index (κ2) is 5.13. The molecule has 23 heavy (non-hydrogen) atoms. The number of aryl methyl sites for hydroxylation is 1. The minimum absolute atomic E-state index is 0.157. The summed E-state index contributed by atoms with van der Waals surface area (Å²) >= 11 is 0. The summed E-state index contributed by atoms with van der Waals surface area (Å²) in [5.41, 5.74) is 2.05. The molecule has 1 aromatic carbocycles. The number of H-pyrrole nitrogens is 1. The molecule has 0 spiro atoms. The predicted molar refractivity (Wildman–Crippen MR) is 85.2 cm³/mol. The molecule has 4 rings (SSSR count). The van der Waals surface area contributed by atoms with Crippen LogP contribution in [0.5, 0.6) is 0 Å². The average Bonchev–Trinajstić information content (AvgIpc) is 3.09. The number of hydrogen-bond acceptors (Lipinski definition) is 5. The highest BCUT2D eigenvalue weighted by Gasteiger charge is 2.07. The van der Waals surface area contributed by atoms with E-state index >= 15 is 0 Å². The molecule has 0 aliphatic carbocycles. The van der Waals surface area contributed by atoms with Crippen molar-refractivity contribution in [3.05, 3.63) is 65.2 Å². The van der Waals surface area contributed by atoms with Gasteiger partial charge in [0.15, 0.2) is 5.82 Å². The SMILES string of the molecule is Cc1nc2ccc(-c3cc(-n4cccn4)ncn3)cc2c(=O)[nH]1. The van der Waals surface area contributed by atoms with Crippen molar-refractivity contribution in [2.24, 2.45) is 0 Å². The van der Waals surface area contributed by atoms with Gasteiger partial charge < -0.3 is 4.98 Å². The molecule has 0 fully saturated rings. The van der Waals surface area contributed by atoms with Crippen molar-refractivity contribution in [2.75, 3.05) is 0 Å². The lowest BCUT2D eigenvalue weighted by Gasteiger charge is -2.05. The van der Waals surface area contributed by atoms with Gasteiger partial charge in [0.2, 0.25) is 0 Å². The second-order valence-corrected chi connectivity index (χ2v) is 5.10. The van der Waals surface area contributed by atoms with Crippen LogP contribution < -0.4 is 5.56 Å². The Hall–Kier alpha value is -3.35. The van der Waals surface area contributed by atoms with Gasteiger partial charge in [0.25, 0.3) is 5.56 Å². The molecule has 0 aliphatic heterocycles. The van der Waals surface area contributed by atoms with Crippen LogP contribution >= 0.6 is 0 Å². The third-order valence-electron chi connectivity index (χ3n) is 3.51. The standard InChI is InChI=1S/C16H12N6O/c1-10-20-13-4-3-11(7-12(13)16(23)21-10)14-8-15(18-9-17-14)22-6-2-5-19-22/h2-9H,1H3,(H,20,21,23). The molecule has 0 amide bonds. The third kappa shape index (κ3) is 2.38. The topological polar surface area (TPSA) is 89.3 Å². The first-order valence-corrected chi connectivity index (χ1v) is 7.04. The van der Waals surface area contributed by atoms with Crippen molar-refractivity contribution in [3.8, 4) is 17.1 Å². The lowest BCUT2D eigenvalue weighted by atomic mass is 10.1. The number of aromatic amines is 1. The van der Waals surface area contributed by atoms with E-state index in [9.17, 15) is 4.79 Å². The fourth-order valence-electron chi connectivity index (χ4n) is 2.45. The number of benzene rings is 1. The summed E-state index contributed by atoms with van der Waals surface area (Å²) in [5.74, 6) is 1.26. The van der Waals surface area contributed by atoms with Crippen molar-refractivity contribution in [1.82, 2.24) is 29.7 Å². The minimum atomic E-state index is -0.157. The van der Waals surface area contributed by atoms with E-state index in [2.05, 4.69) is 25.0 Å². The number of rotatable bonds is 2. The Labute approximate surface area is 130 Å². The molecular formula is C16H12N6O. The summed E-state index contributed by atoms with van der Waals surface area (Å²) < 4.78 is 1.66. The number of fused-ring (bicyclic) bond motifs is 1. The van der Waals surface area contributed by atoms with Crippen LogP contribution in [0, 0.1) is 6.92 Å². The summed E-state index contributed by atoms with van der Waals surface area (Å²) in [6.45, 7) is 1.76. The molecule has 0 saturated carbocycles. The number of aromatic nitrogens is 6. The van der Waals surface area contributed by atoms with Gasteiger partial charge in [-0.2, -0.15) is 5.10 Å². The van der Waals surface area contributed by atoms with Crippen molar-refractivity contribution in [1.29, 1.82) is 0 Å². The van der Waals surface area contributed by atoms with E-state index in [4.69, 9.17) is 0 Å². The molecule has 0 unspecified atom stereocenters. The van der Waals surface area contributed by atoms with Crippen molar-refractivity contribution in [2.45, 2.75) is 6.92 Å². The van der Waals surface area contributed by atoms with E-state index in [0.717, 1.165) is 5.56 Å². The van der Waals surface area contributed by atoms with Crippen LogP contribution in [0.1, 0.15) is 5.82 Å². The van der Waals surface area contributed by atoms with Crippen LogP contribution in [-0.4, -0.2) is 29.7 Å². The smallest absolute Gasteiger partial charge is 0.258 e. The van der Waals surface area contributed by atoms with Gasteiger partial charge in [0.1, 0.15) is 12.2 Å². The van der Waals surface area contributed by atoms with Crippen molar-refractivity contribution < 1.29 is 0 Å². The zero-order valence-corrected chi connectivity index (χ0v) is 12.3. The Morgan fingerprint density at radius 1 is 1.17 bits per heavy atom. The fourth-order valence-corrected chi connectivity index (χ4v) is 2.45. The maximum absolute atomic E-state index is 12.1. The van der Waals surface area contributed by atoms with Crippen LogP contribution in [-0.2, 0) is 0 Å². The Morgan fingerprint density at radius 3 is 2.91 bits per heavy atom. The van der Waals surface area contributed by atoms with Crippen LogP contribution in [0.4, 0.5) is 0 Å². The molecule has 112 valence electrons. The number of hydrogen-bond donors (Lipinski definition) is 1. The van der Waals surface area contributed by atoms with Gasteiger partial charge in [-0.05, 0) is 25.1 Å². The molecule has 4 aromatic rings. The molecule has 3 aromatic heterocycles. The zero-order valence-electron chi connectivity index (χ0n) is 12.3. The lowest BCUT2D eigenvalue weighted by molar-refractivity contribution is 0.840. The summed E-state index contributed by atoms with van der Waals surface area (Å²) in [6.07, 6.45) is 4.98. The maximum atomic E-state index is 12.1. The van der Waals surface area contributed by atoms with E-state index in [1.54, 1.807) is 23.9 Å². The van der Waals surface area contributed by atoms with Crippen molar-refractivity contribution in [3.63, 3.8) is 0 Å². The fraction of sp³-hybridized carbons (Fsp3) is 0.0625. The molecule has 0 radical (unpaired) electrons. The summed E-state index contributed by atoms with van der Waals surface area (Å²) in [7, 11) is 0. The molecule has 1 N–H and O–H groups in total. The molecule has 0 bridgehead atoms. The van der Waals surface area contributed by atoms with Gasteiger partial charge in [-0.15, -0.1) is 0 Å². The van der Waals surface area contributed by atoms with Gasteiger partial charge in [-0.25, -0.2) is 19.6 Å². The van der Waals surface area contributed by atoms with E-state index in [0.29, 0.717) is 28.2 Å². The predicted octanol–water partition coefficient (Wildman–Crippen LogP) is 1.87. The van der Waals surface area contributed by atoms with Gasteiger partial charge in [0, 0.05) is 24.0 Å². The van der Waals surface area contributed by atoms with Crippen LogP contribution in [0.2, 0.25) is 0 Å². The Balaban J connectivity index is 1.86. The highest BCUT2D eigenvalue weighted by atomic mass is 16.1. The number of nitrogens with zero attached hydrogens (tertiary/aromatic N) is 5. The van der Waals surface area contributed by atoms with E-state index in [1.165, 1.54) is 6.33 Å². The molecule has 0 aliphatic rings. The van der Waals surface area contributed by atoms with E-state index < -0.39 is 0 Å². The Bertz CT molecular complexity index is 1050. The molecule has 7 nitrogen and oxygen atoms in total. The molecule has 0 atom stereocenters.